The molecule has 0 bridgehead atoms. The lowest BCUT2D eigenvalue weighted by atomic mass is 10.2. The molecule has 0 aliphatic carbocycles. The van der Waals surface area contributed by atoms with E-state index < -0.39 is 10.8 Å². The van der Waals surface area contributed by atoms with Gasteiger partial charge in [0, 0.05) is 33.8 Å². The van der Waals surface area contributed by atoms with Crippen molar-refractivity contribution in [3.05, 3.63) is 70.7 Å². The molecule has 0 aliphatic heterocycles. The third kappa shape index (κ3) is 3.31. The molecule has 2 heterocycles. The predicted octanol–water partition coefficient (Wildman–Crippen LogP) is 3.94. The SMILES string of the molecule is CC(c1cccs1)S(=O)Cc1ccc(-n2cccn2)cc1. The van der Waals surface area contributed by atoms with Crippen LogP contribution in [-0.4, -0.2) is 14.0 Å². The van der Waals surface area contributed by atoms with E-state index in [1.54, 1.807) is 17.5 Å². The summed E-state index contributed by atoms with van der Waals surface area (Å²) in [5, 5.41) is 6.31. The third-order valence-electron chi connectivity index (χ3n) is 3.35. The Labute approximate surface area is 130 Å². The quantitative estimate of drug-likeness (QED) is 0.714. The molecule has 1 aromatic carbocycles. The Hall–Kier alpha value is -1.72. The Morgan fingerprint density at radius 3 is 2.67 bits per heavy atom. The Bertz CT molecular complexity index is 703. The number of hydrogen-bond donors (Lipinski definition) is 0. The number of nitrogens with zero attached hydrogens (tertiary/aromatic N) is 2. The van der Waals surface area contributed by atoms with E-state index in [2.05, 4.69) is 5.10 Å². The highest BCUT2D eigenvalue weighted by Crippen LogP contribution is 2.26. The minimum absolute atomic E-state index is 0.0794. The standard InChI is InChI=1S/C16H16N2OS2/c1-13(16-4-2-11-20-16)21(19)12-14-5-7-15(8-6-14)18-10-3-9-17-18/h2-11,13H,12H2,1H3. The largest absolute Gasteiger partial charge is 0.259 e. The highest BCUT2D eigenvalue weighted by Gasteiger charge is 2.14. The topological polar surface area (TPSA) is 34.9 Å². The summed E-state index contributed by atoms with van der Waals surface area (Å²) in [5.41, 5.74) is 2.11. The number of aromatic nitrogens is 2. The minimum Gasteiger partial charge on any atom is -0.259 e. The molecule has 0 spiro atoms. The number of thiophene rings is 1. The van der Waals surface area contributed by atoms with Crippen molar-refractivity contribution in [2.45, 2.75) is 17.9 Å². The monoisotopic (exact) mass is 316 g/mol. The molecule has 0 amide bonds. The third-order valence-corrected chi connectivity index (χ3v) is 6.22. The first-order valence-corrected chi connectivity index (χ1v) is 9.00. The maximum atomic E-state index is 12.4. The van der Waals surface area contributed by atoms with E-state index in [0.29, 0.717) is 5.75 Å². The van der Waals surface area contributed by atoms with Gasteiger partial charge in [-0.1, -0.05) is 18.2 Å². The molecule has 3 nitrogen and oxygen atoms in total. The molecule has 0 radical (unpaired) electrons. The first kappa shape index (κ1) is 14.2. The molecule has 0 N–H and O–H groups in total. The number of rotatable bonds is 5. The summed E-state index contributed by atoms with van der Waals surface area (Å²) in [6.45, 7) is 2.03. The minimum atomic E-state index is -0.900. The van der Waals surface area contributed by atoms with E-state index in [0.717, 1.165) is 11.3 Å². The average Bonchev–Trinajstić information content (AvgIpc) is 3.20. The summed E-state index contributed by atoms with van der Waals surface area (Å²) in [7, 11) is -0.900. The highest BCUT2D eigenvalue weighted by atomic mass is 32.2. The fourth-order valence-electron chi connectivity index (χ4n) is 2.11. The highest BCUT2D eigenvalue weighted by molar-refractivity contribution is 7.84. The maximum Gasteiger partial charge on any atom is 0.0665 e. The Balaban J connectivity index is 1.69. The lowest BCUT2D eigenvalue weighted by Crippen LogP contribution is -2.04. The Kier molecular flexibility index (Phi) is 4.31. The summed E-state index contributed by atoms with van der Waals surface area (Å²) < 4.78 is 14.2. The molecule has 3 rings (SSSR count). The van der Waals surface area contributed by atoms with Crippen LogP contribution in [0.2, 0.25) is 0 Å². The molecule has 2 atom stereocenters. The normalized spacial score (nSPS) is 14.0. The molecule has 2 unspecified atom stereocenters. The van der Waals surface area contributed by atoms with Gasteiger partial charge in [-0.2, -0.15) is 5.10 Å². The van der Waals surface area contributed by atoms with E-state index in [9.17, 15) is 4.21 Å². The van der Waals surface area contributed by atoms with Crippen molar-refractivity contribution in [3.8, 4) is 5.69 Å². The van der Waals surface area contributed by atoms with Gasteiger partial charge in [-0.15, -0.1) is 11.3 Å². The molecular formula is C16H16N2OS2. The number of benzene rings is 1. The fourth-order valence-corrected chi connectivity index (χ4v) is 4.37. The maximum absolute atomic E-state index is 12.4. The van der Waals surface area contributed by atoms with Crippen molar-refractivity contribution >= 4 is 22.1 Å². The van der Waals surface area contributed by atoms with Gasteiger partial charge in [-0.05, 0) is 42.1 Å². The van der Waals surface area contributed by atoms with Gasteiger partial charge in [0.15, 0.2) is 0 Å². The van der Waals surface area contributed by atoms with Gasteiger partial charge < -0.3 is 0 Å². The van der Waals surface area contributed by atoms with Crippen LogP contribution in [0.25, 0.3) is 5.69 Å². The Morgan fingerprint density at radius 2 is 2.05 bits per heavy atom. The number of hydrogen-bond acceptors (Lipinski definition) is 3. The molecule has 0 aliphatic rings. The smallest absolute Gasteiger partial charge is 0.0665 e. The molecule has 0 fully saturated rings. The van der Waals surface area contributed by atoms with Crippen molar-refractivity contribution < 1.29 is 4.21 Å². The molecule has 21 heavy (non-hydrogen) atoms. The van der Waals surface area contributed by atoms with Crippen LogP contribution in [0, 0.1) is 0 Å². The molecule has 2 aromatic heterocycles. The summed E-state index contributed by atoms with van der Waals surface area (Å²) >= 11 is 1.67. The average molecular weight is 316 g/mol. The lowest BCUT2D eigenvalue weighted by Gasteiger charge is -2.10. The van der Waals surface area contributed by atoms with Gasteiger partial charge in [0.05, 0.1) is 10.9 Å². The van der Waals surface area contributed by atoms with Crippen LogP contribution in [0.5, 0.6) is 0 Å². The van der Waals surface area contributed by atoms with Gasteiger partial charge in [0.2, 0.25) is 0 Å². The second-order valence-corrected chi connectivity index (χ2v) is 7.54. The van der Waals surface area contributed by atoms with Crippen molar-refractivity contribution in [2.24, 2.45) is 0 Å². The van der Waals surface area contributed by atoms with Crippen molar-refractivity contribution in [1.82, 2.24) is 9.78 Å². The molecule has 108 valence electrons. The zero-order valence-corrected chi connectivity index (χ0v) is 13.3. The molecular weight excluding hydrogens is 300 g/mol. The van der Waals surface area contributed by atoms with E-state index in [1.807, 2.05) is 65.6 Å². The van der Waals surface area contributed by atoms with Crippen molar-refractivity contribution in [3.63, 3.8) is 0 Å². The summed E-state index contributed by atoms with van der Waals surface area (Å²) in [4.78, 5) is 1.18. The van der Waals surface area contributed by atoms with E-state index in [-0.39, 0.29) is 5.25 Å². The summed E-state index contributed by atoms with van der Waals surface area (Å²) in [6, 6.07) is 14.0. The second-order valence-electron chi connectivity index (χ2n) is 4.80. The lowest BCUT2D eigenvalue weighted by molar-refractivity contribution is 0.676. The molecule has 0 saturated carbocycles. The second kappa shape index (κ2) is 6.37. The molecule has 5 heteroatoms. The van der Waals surface area contributed by atoms with Gasteiger partial charge in [0.25, 0.3) is 0 Å². The molecule has 3 aromatic rings. The van der Waals surface area contributed by atoms with Crippen LogP contribution in [0.15, 0.2) is 60.2 Å². The first-order chi connectivity index (χ1) is 10.2. The Morgan fingerprint density at radius 1 is 1.24 bits per heavy atom. The van der Waals surface area contributed by atoms with E-state index in [1.165, 1.54) is 4.88 Å². The summed E-state index contributed by atoms with van der Waals surface area (Å²) in [5.74, 6) is 0.582. The molecule has 0 saturated heterocycles. The van der Waals surface area contributed by atoms with Crippen molar-refractivity contribution in [2.75, 3.05) is 0 Å². The van der Waals surface area contributed by atoms with Crippen LogP contribution in [0.1, 0.15) is 22.6 Å². The van der Waals surface area contributed by atoms with Crippen LogP contribution >= 0.6 is 11.3 Å². The van der Waals surface area contributed by atoms with Crippen LogP contribution in [0.3, 0.4) is 0 Å². The van der Waals surface area contributed by atoms with Gasteiger partial charge in [-0.25, -0.2) is 4.68 Å². The first-order valence-electron chi connectivity index (χ1n) is 6.73. The van der Waals surface area contributed by atoms with Crippen molar-refractivity contribution in [1.29, 1.82) is 0 Å². The van der Waals surface area contributed by atoms with Gasteiger partial charge in [-0.3, -0.25) is 4.21 Å². The van der Waals surface area contributed by atoms with Crippen LogP contribution < -0.4 is 0 Å². The predicted molar refractivity (Wildman–Crippen MR) is 88.1 cm³/mol. The van der Waals surface area contributed by atoms with Crippen LogP contribution in [0.4, 0.5) is 0 Å². The van der Waals surface area contributed by atoms with E-state index in [4.69, 9.17) is 0 Å². The summed E-state index contributed by atoms with van der Waals surface area (Å²) in [6.07, 6.45) is 3.66. The van der Waals surface area contributed by atoms with Gasteiger partial charge in [0.1, 0.15) is 0 Å². The van der Waals surface area contributed by atoms with Crippen LogP contribution in [-0.2, 0) is 16.6 Å². The fraction of sp³-hybridized carbons (Fsp3) is 0.188. The van der Waals surface area contributed by atoms with Gasteiger partial charge >= 0.3 is 0 Å². The van der Waals surface area contributed by atoms with E-state index >= 15 is 0 Å². The zero-order chi connectivity index (χ0) is 14.7. The zero-order valence-electron chi connectivity index (χ0n) is 11.7.